The van der Waals surface area contributed by atoms with E-state index in [4.69, 9.17) is 0 Å². The summed E-state index contributed by atoms with van der Waals surface area (Å²) in [6.07, 6.45) is 1.82. The van der Waals surface area contributed by atoms with Gasteiger partial charge in [-0.1, -0.05) is 24.6 Å². The van der Waals surface area contributed by atoms with Crippen LogP contribution in [-0.2, 0) is 16.3 Å². The molecule has 0 fully saturated rings. The molecule has 0 spiro atoms. The SMILES string of the molecule is CN(CCCCCC1=C(c2ccc(F)cc2)CCCc2cc(O)ccc21)CCCCS(=O)(=O)CCC(F)(F)F. The zero-order valence-electron chi connectivity index (χ0n) is 22.6. The van der Waals surface area contributed by atoms with Crippen LogP contribution in [0.4, 0.5) is 17.6 Å². The van der Waals surface area contributed by atoms with Gasteiger partial charge in [-0.15, -0.1) is 0 Å². The Labute approximate surface area is 229 Å². The van der Waals surface area contributed by atoms with Crippen LogP contribution in [0.2, 0.25) is 0 Å². The van der Waals surface area contributed by atoms with Gasteiger partial charge in [-0.2, -0.15) is 13.2 Å². The van der Waals surface area contributed by atoms with Gasteiger partial charge in [-0.3, -0.25) is 0 Å². The Morgan fingerprint density at radius 3 is 2.28 bits per heavy atom. The summed E-state index contributed by atoms with van der Waals surface area (Å²) in [6.45, 7) is 1.56. The van der Waals surface area contributed by atoms with Gasteiger partial charge in [-0.05, 0) is 124 Å². The highest BCUT2D eigenvalue weighted by Crippen LogP contribution is 2.39. The van der Waals surface area contributed by atoms with E-state index in [9.17, 15) is 31.1 Å². The number of hydrogen-bond acceptors (Lipinski definition) is 4. The minimum absolute atomic E-state index is 0.207. The molecule has 0 aliphatic heterocycles. The zero-order valence-corrected chi connectivity index (χ0v) is 23.4. The van der Waals surface area contributed by atoms with E-state index in [-0.39, 0.29) is 17.3 Å². The number of alkyl halides is 3. The molecule has 0 aromatic heterocycles. The fraction of sp³-hybridized carbons (Fsp3) is 0.533. The van der Waals surface area contributed by atoms with E-state index in [0.29, 0.717) is 19.4 Å². The first-order chi connectivity index (χ1) is 18.4. The molecule has 3 rings (SSSR count). The lowest BCUT2D eigenvalue weighted by atomic mass is 9.89. The van der Waals surface area contributed by atoms with E-state index in [2.05, 4.69) is 4.90 Å². The van der Waals surface area contributed by atoms with E-state index in [1.54, 1.807) is 6.07 Å². The number of halogens is 4. The molecule has 0 saturated carbocycles. The molecule has 2 aromatic rings. The van der Waals surface area contributed by atoms with Crippen LogP contribution in [0.3, 0.4) is 0 Å². The highest BCUT2D eigenvalue weighted by Gasteiger charge is 2.29. The Balaban J connectivity index is 1.49. The van der Waals surface area contributed by atoms with Gasteiger partial charge in [0.15, 0.2) is 9.84 Å². The van der Waals surface area contributed by atoms with E-state index < -0.39 is 28.2 Å². The van der Waals surface area contributed by atoms with Crippen molar-refractivity contribution in [2.75, 3.05) is 31.6 Å². The predicted octanol–water partition coefficient (Wildman–Crippen LogP) is 7.42. The molecule has 1 N–H and O–H groups in total. The van der Waals surface area contributed by atoms with Crippen LogP contribution < -0.4 is 0 Å². The molecular formula is C30H39F4NO3S. The maximum absolute atomic E-state index is 13.6. The second kappa shape index (κ2) is 14.3. The Hall–Kier alpha value is -2.39. The number of phenolic OH excluding ortho intramolecular Hbond substituents is 1. The maximum atomic E-state index is 13.6. The summed E-state index contributed by atoms with van der Waals surface area (Å²) in [5, 5.41) is 10.0. The van der Waals surface area contributed by atoms with Gasteiger partial charge >= 0.3 is 6.18 Å². The molecule has 2 aromatic carbocycles. The second-order valence-corrected chi connectivity index (χ2v) is 12.8. The largest absolute Gasteiger partial charge is 0.508 e. The number of aryl methyl sites for hydroxylation is 1. The lowest BCUT2D eigenvalue weighted by molar-refractivity contribution is -0.129. The molecule has 0 bridgehead atoms. The minimum atomic E-state index is -4.45. The lowest BCUT2D eigenvalue weighted by Crippen LogP contribution is -2.22. The third-order valence-corrected chi connectivity index (χ3v) is 8.99. The monoisotopic (exact) mass is 569 g/mol. The van der Waals surface area contributed by atoms with E-state index in [1.807, 2.05) is 31.3 Å². The van der Waals surface area contributed by atoms with Crippen LogP contribution in [-0.4, -0.2) is 56.2 Å². The summed E-state index contributed by atoms with van der Waals surface area (Å²) in [5.41, 5.74) is 5.83. The fourth-order valence-corrected chi connectivity index (χ4v) is 6.55. The number of sulfone groups is 1. The Bertz CT molecular complexity index is 1210. The molecule has 4 nitrogen and oxygen atoms in total. The van der Waals surface area contributed by atoms with Crippen LogP contribution in [0.1, 0.15) is 74.5 Å². The Kier molecular flexibility index (Phi) is 11.4. The molecule has 0 unspecified atom stereocenters. The molecule has 216 valence electrons. The van der Waals surface area contributed by atoms with Crippen molar-refractivity contribution in [3.8, 4) is 5.75 Å². The van der Waals surface area contributed by atoms with Crippen molar-refractivity contribution in [2.45, 2.75) is 70.4 Å². The number of aromatic hydroxyl groups is 1. The summed E-state index contributed by atoms with van der Waals surface area (Å²) in [4.78, 5) is 2.13. The van der Waals surface area contributed by atoms with Gasteiger partial charge in [0.1, 0.15) is 11.6 Å². The van der Waals surface area contributed by atoms with Crippen molar-refractivity contribution in [1.82, 2.24) is 4.90 Å². The van der Waals surface area contributed by atoms with Gasteiger partial charge in [0.05, 0.1) is 17.9 Å². The summed E-state index contributed by atoms with van der Waals surface area (Å²) in [5.74, 6) is -1.04. The first kappa shape index (κ1) is 31.1. The molecule has 0 heterocycles. The summed E-state index contributed by atoms with van der Waals surface area (Å²) in [6, 6.07) is 12.2. The molecule has 0 amide bonds. The van der Waals surface area contributed by atoms with Gasteiger partial charge in [0.25, 0.3) is 0 Å². The van der Waals surface area contributed by atoms with Crippen molar-refractivity contribution < 1.29 is 31.1 Å². The van der Waals surface area contributed by atoms with E-state index in [1.165, 1.54) is 23.3 Å². The molecule has 0 saturated heterocycles. The predicted molar refractivity (Wildman–Crippen MR) is 149 cm³/mol. The molecule has 1 aliphatic carbocycles. The number of unbranched alkanes of at least 4 members (excludes halogenated alkanes) is 3. The third-order valence-electron chi connectivity index (χ3n) is 7.25. The molecule has 0 radical (unpaired) electrons. The molecule has 1 aliphatic rings. The third kappa shape index (κ3) is 10.6. The number of benzene rings is 2. The topological polar surface area (TPSA) is 57.6 Å². The molecular weight excluding hydrogens is 530 g/mol. The normalized spacial score (nSPS) is 14.5. The van der Waals surface area contributed by atoms with Crippen molar-refractivity contribution in [3.05, 3.63) is 65.0 Å². The highest BCUT2D eigenvalue weighted by molar-refractivity contribution is 7.91. The van der Waals surface area contributed by atoms with Crippen molar-refractivity contribution >= 4 is 21.0 Å². The first-order valence-corrected chi connectivity index (χ1v) is 15.5. The smallest absolute Gasteiger partial charge is 0.390 e. The fourth-order valence-electron chi connectivity index (χ4n) is 5.15. The van der Waals surface area contributed by atoms with Crippen LogP contribution >= 0.6 is 0 Å². The van der Waals surface area contributed by atoms with Crippen LogP contribution in [0.5, 0.6) is 5.75 Å². The van der Waals surface area contributed by atoms with Gasteiger partial charge in [-0.25, -0.2) is 12.8 Å². The summed E-state index contributed by atoms with van der Waals surface area (Å²) in [7, 11) is -1.70. The van der Waals surface area contributed by atoms with Crippen molar-refractivity contribution in [1.29, 1.82) is 0 Å². The minimum Gasteiger partial charge on any atom is -0.508 e. The average Bonchev–Trinajstić information content (AvgIpc) is 3.04. The molecule has 9 heteroatoms. The highest BCUT2D eigenvalue weighted by atomic mass is 32.2. The lowest BCUT2D eigenvalue weighted by Gasteiger charge is -2.18. The van der Waals surface area contributed by atoms with E-state index >= 15 is 0 Å². The van der Waals surface area contributed by atoms with Crippen molar-refractivity contribution in [2.24, 2.45) is 0 Å². The average molecular weight is 570 g/mol. The number of fused-ring (bicyclic) bond motifs is 1. The number of phenols is 1. The van der Waals surface area contributed by atoms with Gasteiger partial charge in [0.2, 0.25) is 0 Å². The molecule has 0 atom stereocenters. The number of allylic oxidation sites excluding steroid dienone is 2. The number of hydrogen-bond donors (Lipinski definition) is 1. The van der Waals surface area contributed by atoms with Crippen LogP contribution in [0, 0.1) is 5.82 Å². The summed E-state index contributed by atoms with van der Waals surface area (Å²) < 4.78 is 74.0. The van der Waals surface area contributed by atoms with Gasteiger partial charge in [0, 0.05) is 0 Å². The van der Waals surface area contributed by atoms with Gasteiger partial charge < -0.3 is 10.0 Å². The standard InChI is InChI=1S/C30H39F4NO3S/c1-35(19-5-6-20-39(37,38)21-17-30(32,33)34)18-4-2-3-9-29-27(23-11-13-25(31)14-12-23)10-7-8-24-22-26(36)15-16-28(24)29/h11-16,22,36H,2-10,17-21H2,1H3. The Morgan fingerprint density at radius 2 is 1.59 bits per heavy atom. The summed E-state index contributed by atoms with van der Waals surface area (Å²) >= 11 is 0. The van der Waals surface area contributed by atoms with E-state index in [0.717, 1.165) is 68.2 Å². The number of rotatable bonds is 14. The quantitative estimate of drug-likeness (QED) is 0.190. The van der Waals surface area contributed by atoms with Crippen LogP contribution in [0.25, 0.3) is 11.1 Å². The van der Waals surface area contributed by atoms with Crippen LogP contribution in [0.15, 0.2) is 42.5 Å². The maximum Gasteiger partial charge on any atom is 0.390 e. The Morgan fingerprint density at radius 1 is 0.897 bits per heavy atom. The van der Waals surface area contributed by atoms with Crippen molar-refractivity contribution in [3.63, 3.8) is 0 Å². The second-order valence-electron chi connectivity index (χ2n) is 10.5. The molecule has 39 heavy (non-hydrogen) atoms. The number of nitrogens with zero attached hydrogens (tertiary/aromatic N) is 1. The zero-order chi connectivity index (χ0) is 28.5. The first-order valence-electron chi connectivity index (χ1n) is 13.7.